The summed E-state index contributed by atoms with van der Waals surface area (Å²) in [5.41, 5.74) is -0.946. The van der Waals surface area contributed by atoms with Gasteiger partial charge in [0.1, 0.15) is 6.04 Å². The fourth-order valence-electron chi connectivity index (χ4n) is 2.17. The molecule has 1 heterocycles. The Balaban J connectivity index is 2.76. The van der Waals surface area contributed by atoms with Crippen molar-refractivity contribution < 1.29 is 22.7 Å². The zero-order chi connectivity index (χ0) is 13.3. The molecule has 0 radical (unpaired) electrons. The smallest absolute Gasteiger partial charge is 0.403 e. The summed E-state index contributed by atoms with van der Waals surface area (Å²) in [4.78, 5) is 11.5. The molecule has 2 atom stereocenters. The average molecular weight is 253 g/mol. The van der Waals surface area contributed by atoms with Crippen LogP contribution in [0.1, 0.15) is 33.1 Å². The van der Waals surface area contributed by atoms with Crippen LogP contribution < -0.4 is 5.32 Å². The van der Waals surface area contributed by atoms with Gasteiger partial charge < -0.3 is 10.1 Å². The van der Waals surface area contributed by atoms with E-state index in [2.05, 4.69) is 10.1 Å². The maximum Gasteiger partial charge on any atom is 0.403 e. The molecule has 100 valence electrons. The van der Waals surface area contributed by atoms with Crippen LogP contribution in [0.3, 0.4) is 0 Å². The number of hydrogen-bond acceptors (Lipinski definition) is 3. The number of carbonyl (C=O) groups excluding carboxylic acids is 1. The summed E-state index contributed by atoms with van der Waals surface area (Å²) in [6.07, 6.45) is -3.18. The molecule has 0 spiro atoms. The Kier molecular flexibility index (Phi) is 4.06. The van der Waals surface area contributed by atoms with E-state index in [4.69, 9.17) is 0 Å². The zero-order valence-corrected chi connectivity index (χ0v) is 10.2. The molecule has 1 fully saturated rings. The van der Waals surface area contributed by atoms with Gasteiger partial charge in [-0.15, -0.1) is 0 Å². The van der Waals surface area contributed by atoms with Crippen molar-refractivity contribution in [3.05, 3.63) is 0 Å². The molecule has 1 saturated heterocycles. The van der Waals surface area contributed by atoms with E-state index in [1.165, 1.54) is 7.11 Å². The van der Waals surface area contributed by atoms with Crippen molar-refractivity contribution in [2.75, 3.05) is 7.11 Å². The first-order chi connectivity index (χ1) is 7.69. The van der Waals surface area contributed by atoms with Gasteiger partial charge in [-0.05, 0) is 33.1 Å². The Morgan fingerprint density at radius 3 is 2.24 bits per heavy atom. The molecule has 0 aliphatic carbocycles. The highest BCUT2D eigenvalue weighted by molar-refractivity contribution is 5.76. The van der Waals surface area contributed by atoms with Crippen molar-refractivity contribution in [1.29, 1.82) is 0 Å². The van der Waals surface area contributed by atoms with Gasteiger partial charge in [0.2, 0.25) is 0 Å². The summed E-state index contributed by atoms with van der Waals surface area (Å²) in [7, 11) is 1.24. The normalized spacial score (nSPS) is 26.7. The summed E-state index contributed by atoms with van der Waals surface area (Å²) >= 11 is 0. The molecule has 0 amide bonds. The van der Waals surface area contributed by atoms with E-state index >= 15 is 0 Å². The van der Waals surface area contributed by atoms with Gasteiger partial charge in [-0.1, -0.05) is 0 Å². The lowest BCUT2D eigenvalue weighted by Gasteiger charge is -2.39. The van der Waals surface area contributed by atoms with E-state index in [0.717, 1.165) is 0 Å². The van der Waals surface area contributed by atoms with Crippen molar-refractivity contribution >= 4 is 5.97 Å². The van der Waals surface area contributed by atoms with Gasteiger partial charge in [0, 0.05) is 6.04 Å². The maximum absolute atomic E-state index is 12.6. The molecule has 1 aliphatic rings. The second-order valence-electron chi connectivity index (χ2n) is 4.96. The highest BCUT2D eigenvalue weighted by atomic mass is 19.4. The molecule has 1 aliphatic heterocycles. The lowest BCUT2D eigenvalue weighted by molar-refractivity contribution is -0.171. The number of hydrogen-bond donors (Lipinski definition) is 1. The largest absolute Gasteiger partial charge is 0.469 e. The van der Waals surface area contributed by atoms with Crippen molar-refractivity contribution in [2.45, 2.75) is 51.4 Å². The monoisotopic (exact) mass is 253 g/mol. The van der Waals surface area contributed by atoms with Crippen molar-refractivity contribution in [3.63, 3.8) is 0 Å². The zero-order valence-electron chi connectivity index (χ0n) is 10.2. The molecule has 0 saturated carbocycles. The predicted octanol–water partition coefficient (Wildman–Crippen LogP) is 2.26. The van der Waals surface area contributed by atoms with E-state index < -0.39 is 29.6 Å². The molecule has 17 heavy (non-hydrogen) atoms. The van der Waals surface area contributed by atoms with Gasteiger partial charge in [-0.2, -0.15) is 13.2 Å². The van der Waals surface area contributed by atoms with Crippen LogP contribution in [-0.4, -0.2) is 31.3 Å². The summed E-state index contributed by atoms with van der Waals surface area (Å²) < 4.78 is 42.5. The SMILES string of the molecule is COC(=O)C(C)(C)[C@@H]1CCC[C@H](C(F)(F)F)N1. The van der Waals surface area contributed by atoms with Crippen LogP contribution in [0.5, 0.6) is 0 Å². The Labute approximate surface area is 98.7 Å². The van der Waals surface area contributed by atoms with Crippen molar-refractivity contribution in [3.8, 4) is 0 Å². The third kappa shape index (κ3) is 3.12. The number of rotatable bonds is 2. The highest BCUT2D eigenvalue weighted by Gasteiger charge is 2.47. The van der Waals surface area contributed by atoms with Gasteiger partial charge in [-0.3, -0.25) is 4.79 Å². The first-order valence-electron chi connectivity index (χ1n) is 5.60. The van der Waals surface area contributed by atoms with Gasteiger partial charge in [0.05, 0.1) is 12.5 Å². The Hall–Kier alpha value is -0.780. The van der Waals surface area contributed by atoms with E-state index in [1.807, 2.05) is 0 Å². The summed E-state index contributed by atoms with van der Waals surface area (Å²) in [5.74, 6) is -0.488. The number of ether oxygens (including phenoxy) is 1. The first-order valence-corrected chi connectivity index (χ1v) is 5.60. The predicted molar refractivity (Wildman–Crippen MR) is 56.4 cm³/mol. The van der Waals surface area contributed by atoms with Gasteiger partial charge in [-0.25, -0.2) is 0 Å². The van der Waals surface area contributed by atoms with Crippen LogP contribution in [-0.2, 0) is 9.53 Å². The van der Waals surface area contributed by atoms with Crippen molar-refractivity contribution in [1.82, 2.24) is 5.32 Å². The van der Waals surface area contributed by atoms with Gasteiger partial charge in [0.15, 0.2) is 0 Å². The molecule has 3 nitrogen and oxygen atoms in total. The third-order valence-electron chi connectivity index (χ3n) is 3.37. The molecule has 0 aromatic rings. The molecular formula is C11H18F3NO2. The van der Waals surface area contributed by atoms with E-state index in [1.54, 1.807) is 13.8 Å². The van der Waals surface area contributed by atoms with Crippen LogP contribution in [0.2, 0.25) is 0 Å². The molecule has 1 rings (SSSR count). The maximum atomic E-state index is 12.6. The van der Waals surface area contributed by atoms with Crippen LogP contribution in [0, 0.1) is 5.41 Å². The van der Waals surface area contributed by atoms with Crippen LogP contribution in [0.15, 0.2) is 0 Å². The summed E-state index contributed by atoms with van der Waals surface area (Å²) in [5, 5.41) is 2.52. The standard InChI is InChI=1S/C11H18F3NO2/c1-10(2,9(16)17-3)7-5-4-6-8(15-7)11(12,13)14/h7-8,15H,4-6H2,1-3H3/t7-,8+/m0/s1. The lowest BCUT2D eigenvalue weighted by atomic mass is 9.79. The van der Waals surface area contributed by atoms with E-state index in [0.29, 0.717) is 12.8 Å². The fraction of sp³-hybridized carbons (Fsp3) is 0.909. The van der Waals surface area contributed by atoms with Gasteiger partial charge in [0.25, 0.3) is 0 Å². The minimum atomic E-state index is -4.26. The van der Waals surface area contributed by atoms with E-state index in [-0.39, 0.29) is 6.42 Å². The molecule has 0 aromatic carbocycles. The number of carbonyl (C=O) groups is 1. The molecule has 1 N–H and O–H groups in total. The summed E-state index contributed by atoms with van der Waals surface area (Å²) in [6.45, 7) is 3.21. The first kappa shape index (κ1) is 14.3. The second-order valence-corrected chi connectivity index (χ2v) is 4.96. The third-order valence-corrected chi connectivity index (χ3v) is 3.37. The van der Waals surface area contributed by atoms with Gasteiger partial charge >= 0.3 is 12.1 Å². The van der Waals surface area contributed by atoms with Crippen molar-refractivity contribution in [2.24, 2.45) is 5.41 Å². The number of nitrogens with one attached hydrogen (secondary N) is 1. The average Bonchev–Trinajstić information content (AvgIpc) is 2.27. The number of piperidine rings is 1. The van der Waals surface area contributed by atoms with E-state index in [9.17, 15) is 18.0 Å². The van der Waals surface area contributed by atoms with Crippen LogP contribution in [0.25, 0.3) is 0 Å². The lowest BCUT2D eigenvalue weighted by Crippen LogP contribution is -2.57. The number of alkyl halides is 3. The Bertz CT molecular complexity index is 289. The molecule has 0 aromatic heterocycles. The molecular weight excluding hydrogens is 235 g/mol. The summed E-state index contributed by atoms with van der Waals surface area (Å²) in [6, 6.07) is -2.03. The number of halogens is 3. The topological polar surface area (TPSA) is 38.3 Å². The highest BCUT2D eigenvalue weighted by Crippen LogP contribution is 2.34. The quantitative estimate of drug-likeness (QED) is 0.767. The van der Waals surface area contributed by atoms with Crippen LogP contribution in [0.4, 0.5) is 13.2 Å². The molecule has 0 unspecified atom stereocenters. The Morgan fingerprint density at radius 2 is 1.76 bits per heavy atom. The second kappa shape index (κ2) is 4.84. The minimum Gasteiger partial charge on any atom is -0.469 e. The minimum absolute atomic E-state index is 0.0667. The molecule has 6 heteroatoms. The Morgan fingerprint density at radius 1 is 1.24 bits per heavy atom. The fourth-order valence-corrected chi connectivity index (χ4v) is 2.17. The number of esters is 1. The van der Waals surface area contributed by atoms with Crippen LogP contribution >= 0.6 is 0 Å². The number of methoxy groups -OCH3 is 1. The molecule has 0 bridgehead atoms.